The summed E-state index contributed by atoms with van der Waals surface area (Å²) in [6.45, 7) is -0.853. The number of amides is 1. The molecule has 0 unspecified atom stereocenters. The van der Waals surface area contributed by atoms with Crippen molar-refractivity contribution in [3.05, 3.63) is 41.7 Å². The van der Waals surface area contributed by atoms with Crippen LogP contribution in [0.25, 0.3) is 17.6 Å². The van der Waals surface area contributed by atoms with Crippen LogP contribution in [0.3, 0.4) is 0 Å². The lowest BCUT2D eigenvalue weighted by Crippen LogP contribution is -2.52. The summed E-state index contributed by atoms with van der Waals surface area (Å²) in [6.07, 6.45) is -1.06. The Morgan fingerprint density at radius 2 is 1.96 bits per heavy atom. The molecule has 7 nitrogen and oxygen atoms in total. The Hall–Kier alpha value is -3.24. The van der Waals surface area contributed by atoms with Gasteiger partial charge in [-0.3, -0.25) is 9.59 Å². The third kappa shape index (κ3) is 4.18. The second-order valence-corrected chi connectivity index (χ2v) is 6.19. The van der Waals surface area contributed by atoms with Crippen LogP contribution in [-0.4, -0.2) is 49.7 Å². The summed E-state index contributed by atoms with van der Waals surface area (Å²) in [4.78, 5) is 27.8. The number of likely N-dealkylation sites (tertiary alicyclic amines) is 1. The average molecular weight is 398 g/mol. The molecule has 1 N–H and O–H groups in total. The van der Waals surface area contributed by atoms with Gasteiger partial charge in [-0.2, -0.15) is 13.2 Å². The maximum absolute atomic E-state index is 12.9. The molecule has 1 aliphatic heterocycles. The zero-order valence-electron chi connectivity index (χ0n) is 14.2. The zero-order chi connectivity index (χ0) is 20.5. The number of hydrogen-bond acceptors (Lipinski definition) is 4. The van der Waals surface area contributed by atoms with Crippen LogP contribution in [-0.2, 0) is 22.4 Å². The Balaban J connectivity index is 1.74. The fourth-order valence-corrected chi connectivity index (χ4v) is 2.60. The first kappa shape index (κ1) is 19.5. The van der Waals surface area contributed by atoms with E-state index in [2.05, 4.69) is 10.1 Å². The smallest absolute Gasteiger partial charge is 0.416 e. The van der Waals surface area contributed by atoms with Crippen molar-refractivity contribution in [2.24, 2.45) is 5.92 Å². The van der Waals surface area contributed by atoms with Crippen LogP contribution in [0.2, 0.25) is 0 Å². The largest absolute Gasteiger partial charge is 0.481 e. The van der Waals surface area contributed by atoms with Crippen LogP contribution in [0.5, 0.6) is 0 Å². The molecule has 1 aromatic heterocycles. The number of carbonyl (C=O) groups excluding carboxylic acids is 1. The Kier molecular flexibility index (Phi) is 5.16. The molecule has 0 saturated carbocycles. The molecule has 1 saturated heterocycles. The van der Waals surface area contributed by atoms with E-state index in [-0.39, 0.29) is 30.0 Å². The van der Waals surface area contributed by atoms with Crippen LogP contribution in [0.1, 0.15) is 11.1 Å². The molecule has 2 aromatic rings. The Labute approximate surface area is 155 Å². The van der Waals surface area contributed by atoms with Crippen LogP contribution < -0.4 is 0 Å². The average Bonchev–Trinajstić information content (AvgIpc) is 3.06. The number of benzene rings is 1. The maximum atomic E-state index is 12.9. The van der Waals surface area contributed by atoms with Crippen molar-refractivity contribution in [1.29, 1.82) is 0 Å². The van der Waals surface area contributed by atoms with Gasteiger partial charge in [0, 0.05) is 30.9 Å². The van der Waals surface area contributed by atoms with E-state index >= 15 is 0 Å². The predicted octanol–water partition coefficient (Wildman–Crippen LogP) is 2.45. The van der Waals surface area contributed by atoms with Gasteiger partial charge in [0.05, 0.1) is 11.5 Å². The molecule has 0 aliphatic carbocycles. The maximum Gasteiger partial charge on any atom is 0.416 e. The summed E-state index contributed by atoms with van der Waals surface area (Å²) in [5.41, 5.74) is -1.17. The van der Waals surface area contributed by atoms with Gasteiger partial charge in [0.1, 0.15) is 13.0 Å². The minimum Gasteiger partial charge on any atom is -0.481 e. The fraction of sp³-hybridized carbons (Fsp3) is 0.294. The van der Waals surface area contributed by atoms with Crippen molar-refractivity contribution in [1.82, 2.24) is 19.7 Å². The second kappa shape index (κ2) is 7.41. The summed E-state index contributed by atoms with van der Waals surface area (Å²) >= 11 is 0. The third-order valence-corrected chi connectivity index (χ3v) is 4.15. The van der Waals surface area contributed by atoms with E-state index in [4.69, 9.17) is 5.11 Å². The number of carboxylic acids is 1. The summed E-state index contributed by atoms with van der Waals surface area (Å²) in [7, 11) is 0. The minimum atomic E-state index is -4.64. The number of carbonyl (C=O) groups is 2. The Morgan fingerprint density at radius 3 is 2.57 bits per heavy atom. The SMILES string of the molecule is O=C(O)C1CN(C(=O)/C=C\n2cnc(-c3cc(CF)cc(C(F)(F)F)c3)n2)C1. The molecular weight excluding hydrogens is 384 g/mol. The van der Waals surface area contributed by atoms with Gasteiger partial charge in [-0.15, -0.1) is 5.10 Å². The topological polar surface area (TPSA) is 88.3 Å². The molecule has 28 heavy (non-hydrogen) atoms. The van der Waals surface area contributed by atoms with Gasteiger partial charge in [0.2, 0.25) is 5.91 Å². The van der Waals surface area contributed by atoms with Gasteiger partial charge in [-0.05, 0) is 23.8 Å². The molecule has 148 valence electrons. The summed E-state index contributed by atoms with van der Waals surface area (Å²) in [5.74, 6) is -2.04. The highest BCUT2D eigenvalue weighted by atomic mass is 19.4. The number of halogens is 4. The summed E-state index contributed by atoms with van der Waals surface area (Å²) in [6, 6.07) is 2.76. The van der Waals surface area contributed by atoms with Crippen LogP contribution >= 0.6 is 0 Å². The lowest BCUT2D eigenvalue weighted by Gasteiger charge is -2.35. The molecule has 11 heteroatoms. The normalized spacial score (nSPS) is 15.1. The fourth-order valence-electron chi connectivity index (χ4n) is 2.60. The van der Waals surface area contributed by atoms with E-state index in [1.54, 1.807) is 0 Å². The van der Waals surface area contributed by atoms with Gasteiger partial charge in [-0.25, -0.2) is 14.1 Å². The Bertz CT molecular complexity index is 933. The highest BCUT2D eigenvalue weighted by molar-refractivity contribution is 5.91. The van der Waals surface area contributed by atoms with Gasteiger partial charge < -0.3 is 10.0 Å². The highest BCUT2D eigenvalue weighted by Gasteiger charge is 2.34. The molecular formula is C17H14F4N4O3. The lowest BCUT2D eigenvalue weighted by atomic mass is 10.0. The molecule has 1 aromatic carbocycles. The van der Waals surface area contributed by atoms with E-state index in [1.807, 2.05) is 0 Å². The standard InChI is InChI=1S/C17H14F4N4O3/c18-6-10-3-11(5-13(4-10)17(19,20)21)15-22-9-25(23-15)2-1-14(26)24-7-12(8-24)16(27)28/h1-5,9,12H,6-8H2,(H,27,28)/b2-1-. The van der Waals surface area contributed by atoms with Crippen molar-refractivity contribution in [3.63, 3.8) is 0 Å². The van der Waals surface area contributed by atoms with Crippen LogP contribution in [0.15, 0.2) is 30.6 Å². The molecule has 3 rings (SSSR count). The van der Waals surface area contributed by atoms with E-state index < -0.39 is 36.2 Å². The first-order valence-corrected chi connectivity index (χ1v) is 8.06. The first-order valence-electron chi connectivity index (χ1n) is 8.06. The van der Waals surface area contributed by atoms with E-state index in [1.165, 1.54) is 23.5 Å². The molecule has 0 radical (unpaired) electrons. The third-order valence-electron chi connectivity index (χ3n) is 4.15. The van der Waals surface area contributed by atoms with Gasteiger partial charge in [-0.1, -0.05) is 0 Å². The zero-order valence-corrected chi connectivity index (χ0v) is 14.2. The first-order chi connectivity index (χ1) is 13.2. The second-order valence-electron chi connectivity index (χ2n) is 6.19. The number of nitrogens with zero attached hydrogens (tertiary/aromatic N) is 4. The molecule has 1 fully saturated rings. The highest BCUT2D eigenvalue weighted by Crippen LogP contribution is 2.33. The number of rotatable bonds is 5. The molecule has 1 aliphatic rings. The van der Waals surface area contributed by atoms with Gasteiger partial charge in [0.25, 0.3) is 0 Å². The van der Waals surface area contributed by atoms with E-state index in [0.29, 0.717) is 0 Å². The number of aliphatic carboxylic acids is 1. The van der Waals surface area contributed by atoms with Gasteiger partial charge >= 0.3 is 12.1 Å². The van der Waals surface area contributed by atoms with Crippen molar-refractivity contribution in [2.45, 2.75) is 12.9 Å². The number of aromatic nitrogens is 3. The van der Waals surface area contributed by atoms with Crippen molar-refractivity contribution >= 4 is 18.1 Å². The lowest BCUT2D eigenvalue weighted by molar-refractivity contribution is -0.151. The van der Waals surface area contributed by atoms with Crippen molar-refractivity contribution in [2.75, 3.05) is 13.1 Å². The molecule has 1 amide bonds. The van der Waals surface area contributed by atoms with Gasteiger partial charge in [0.15, 0.2) is 5.82 Å². The quantitative estimate of drug-likeness (QED) is 0.618. The molecule has 0 atom stereocenters. The number of alkyl halides is 4. The minimum absolute atomic E-state index is 0.00649. The number of carboxylic acid groups (broad SMARTS) is 1. The van der Waals surface area contributed by atoms with E-state index in [9.17, 15) is 27.2 Å². The van der Waals surface area contributed by atoms with E-state index in [0.717, 1.165) is 22.9 Å². The Morgan fingerprint density at radius 1 is 1.25 bits per heavy atom. The van der Waals surface area contributed by atoms with Crippen LogP contribution in [0.4, 0.5) is 17.6 Å². The van der Waals surface area contributed by atoms with Crippen molar-refractivity contribution in [3.8, 4) is 11.4 Å². The van der Waals surface area contributed by atoms with Crippen molar-refractivity contribution < 1.29 is 32.3 Å². The molecule has 2 heterocycles. The van der Waals surface area contributed by atoms with Crippen LogP contribution in [0, 0.1) is 5.92 Å². The molecule has 0 spiro atoms. The summed E-state index contributed by atoms with van der Waals surface area (Å²) < 4.78 is 52.9. The monoisotopic (exact) mass is 398 g/mol. The molecule has 0 bridgehead atoms. The predicted molar refractivity (Wildman–Crippen MR) is 88.3 cm³/mol. The summed E-state index contributed by atoms with van der Waals surface area (Å²) in [5, 5.41) is 12.7. The number of hydrogen-bond donors (Lipinski definition) is 1.